The fourth-order valence-corrected chi connectivity index (χ4v) is 7.60. The lowest BCUT2D eigenvalue weighted by Gasteiger charge is -2.39. The van der Waals surface area contributed by atoms with E-state index in [-0.39, 0.29) is 25.4 Å². The van der Waals surface area contributed by atoms with Gasteiger partial charge in [0.25, 0.3) is 5.91 Å². The third-order valence-electron chi connectivity index (χ3n) is 9.96. The van der Waals surface area contributed by atoms with Crippen LogP contribution in [0, 0.1) is 11.8 Å². The molecule has 0 aromatic heterocycles. The fraction of sp³-hybridized carbons (Fsp3) is 0.459. The number of nitrogens with zero attached hydrogens (tertiary/aromatic N) is 3. The van der Waals surface area contributed by atoms with Gasteiger partial charge in [-0.3, -0.25) is 19.2 Å². The molecule has 2 aromatic rings. The third-order valence-corrected chi connectivity index (χ3v) is 9.96. The van der Waals surface area contributed by atoms with Crippen molar-refractivity contribution in [1.82, 2.24) is 10.2 Å². The highest BCUT2D eigenvalue weighted by molar-refractivity contribution is 6.05. The molecule has 4 aliphatic heterocycles. The van der Waals surface area contributed by atoms with Crippen molar-refractivity contribution in [1.29, 1.82) is 0 Å². The number of cyclic esters (lactones) is 1. The molecular weight excluding hydrogens is 612 g/mol. The lowest BCUT2D eigenvalue weighted by Crippen LogP contribution is -2.57. The van der Waals surface area contributed by atoms with Gasteiger partial charge in [0.2, 0.25) is 11.8 Å². The number of hydrogen-bond acceptors (Lipinski definition) is 8. The number of ether oxygens (including phenoxy) is 2. The summed E-state index contributed by atoms with van der Waals surface area (Å²) in [5.41, 5.74) is 0.825. The van der Waals surface area contributed by atoms with E-state index in [2.05, 4.69) is 24.1 Å². The summed E-state index contributed by atoms with van der Waals surface area (Å²) < 4.78 is 12.3. The van der Waals surface area contributed by atoms with Gasteiger partial charge < -0.3 is 34.6 Å². The largest absolute Gasteiger partial charge is 0.460 e. The first-order valence-corrected chi connectivity index (χ1v) is 16.9. The van der Waals surface area contributed by atoms with Crippen LogP contribution < -0.4 is 15.1 Å². The van der Waals surface area contributed by atoms with Gasteiger partial charge in [0.1, 0.15) is 23.7 Å². The van der Waals surface area contributed by atoms with Crippen molar-refractivity contribution in [3.63, 3.8) is 0 Å². The Morgan fingerprint density at radius 2 is 1.73 bits per heavy atom. The number of allylic oxidation sites excluding steroid dienone is 1. The van der Waals surface area contributed by atoms with Gasteiger partial charge in [-0.25, -0.2) is 0 Å². The summed E-state index contributed by atoms with van der Waals surface area (Å²) in [5, 5.41) is 13.6. The minimum absolute atomic E-state index is 0.122. The molecule has 4 heterocycles. The van der Waals surface area contributed by atoms with E-state index in [1.807, 2.05) is 66.7 Å². The van der Waals surface area contributed by atoms with Crippen LogP contribution in [0.3, 0.4) is 0 Å². The third kappa shape index (κ3) is 5.90. The van der Waals surface area contributed by atoms with E-state index in [1.54, 1.807) is 24.0 Å². The Morgan fingerprint density at radius 1 is 1.00 bits per heavy atom. The normalized spacial score (nSPS) is 30.2. The van der Waals surface area contributed by atoms with Crippen LogP contribution in [0.5, 0.6) is 0 Å². The zero-order chi connectivity index (χ0) is 34.0. The van der Waals surface area contributed by atoms with E-state index in [0.717, 1.165) is 18.8 Å². The van der Waals surface area contributed by atoms with Crippen molar-refractivity contribution < 1.29 is 33.8 Å². The van der Waals surface area contributed by atoms with Crippen LogP contribution in [0.4, 0.5) is 11.4 Å². The average Bonchev–Trinajstić information content (AvgIpc) is 3.74. The van der Waals surface area contributed by atoms with Crippen LogP contribution >= 0.6 is 0 Å². The Hall–Kier alpha value is -4.48. The zero-order valence-electron chi connectivity index (χ0n) is 27.7. The maximum Gasteiger partial charge on any atom is 0.313 e. The van der Waals surface area contributed by atoms with Crippen LogP contribution in [0.1, 0.15) is 45.2 Å². The molecule has 254 valence electrons. The van der Waals surface area contributed by atoms with Crippen molar-refractivity contribution in [3.8, 4) is 0 Å². The highest BCUT2D eigenvalue weighted by Gasteiger charge is 2.74. The number of hydrogen-bond donors (Lipinski definition) is 2. The molecule has 4 aliphatic rings. The Morgan fingerprint density at radius 3 is 2.42 bits per heavy atom. The second-order valence-corrected chi connectivity index (χ2v) is 12.8. The number of amides is 3. The number of anilines is 2. The lowest BCUT2D eigenvalue weighted by atomic mass is 9.74. The number of benzene rings is 2. The van der Waals surface area contributed by atoms with Gasteiger partial charge in [0.05, 0.1) is 31.2 Å². The highest BCUT2D eigenvalue weighted by atomic mass is 16.6. The van der Waals surface area contributed by atoms with E-state index in [0.29, 0.717) is 17.7 Å². The summed E-state index contributed by atoms with van der Waals surface area (Å²) in [6, 6.07) is 14.7. The molecule has 7 atom stereocenters. The monoisotopic (exact) mass is 656 g/mol. The molecule has 1 spiro atoms. The molecule has 48 heavy (non-hydrogen) atoms. The first-order valence-electron chi connectivity index (χ1n) is 16.9. The predicted molar refractivity (Wildman–Crippen MR) is 180 cm³/mol. The minimum atomic E-state index is -1.46. The molecule has 0 saturated carbocycles. The van der Waals surface area contributed by atoms with Crippen LogP contribution in [0.25, 0.3) is 0 Å². The molecule has 5 bridgehead atoms. The molecule has 0 radical (unpaired) electrons. The maximum absolute atomic E-state index is 15.2. The van der Waals surface area contributed by atoms with Gasteiger partial charge >= 0.3 is 5.97 Å². The SMILES string of the molecule is CCN(CC)c1ccc(N2C/C=C\CCC(=O)NC[C@H](C)OC(=O)[C@@H]3[C@H]4C(=O)N([C@H](CO)c5ccccc5)[C@H](C2=O)[C@]42C=C[C@H]3O2)cc1. The van der Waals surface area contributed by atoms with Crippen molar-refractivity contribution in [2.24, 2.45) is 11.8 Å². The number of aliphatic hydroxyl groups is 1. The number of nitrogens with one attached hydrogen (secondary N) is 1. The Kier molecular flexibility index (Phi) is 9.70. The predicted octanol–water partition coefficient (Wildman–Crippen LogP) is 3.15. The van der Waals surface area contributed by atoms with Crippen LogP contribution in [-0.2, 0) is 28.7 Å². The number of carbonyl (C=O) groups is 4. The van der Waals surface area contributed by atoms with Crippen LogP contribution in [0.15, 0.2) is 78.9 Å². The Labute approximate surface area is 281 Å². The smallest absolute Gasteiger partial charge is 0.313 e. The standard InChI is InChI=1S/C37H44N4O7/c1-4-39(5-2)26-15-17-27(18-16-26)40-21-11-7-10-14-30(43)38-22-24(3)47-36(46)31-29-19-20-37(48-29)32(31)34(44)41(33(37)35(40)45)28(23-42)25-12-8-6-9-13-25/h6-9,11-13,15-20,24,28-29,31-33,42H,4-5,10,14,21-23H2,1-3H3,(H,38,43)/b11-7-/t24-,28+,29+,31-,32-,33+,37-/m0/s1. The summed E-state index contributed by atoms with van der Waals surface area (Å²) in [5.74, 6) is -3.73. The van der Waals surface area contributed by atoms with Crippen molar-refractivity contribution >= 4 is 35.1 Å². The molecule has 0 unspecified atom stereocenters. The van der Waals surface area contributed by atoms with E-state index < -0.39 is 66.1 Å². The Balaban J connectivity index is 1.48. The molecular formula is C37H44N4O7. The van der Waals surface area contributed by atoms with Gasteiger partial charge in [-0.05, 0) is 57.0 Å². The zero-order valence-corrected chi connectivity index (χ0v) is 27.7. The van der Waals surface area contributed by atoms with Crippen molar-refractivity contribution in [2.75, 3.05) is 42.6 Å². The quantitative estimate of drug-likeness (QED) is 0.344. The van der Waals surface area contributed by atoms with Gasteiger partial charge in [0.15, 0.2) is 0 Å². The van der Waals surface area contributed by atoms with Crippen LogP contribution in [0.2, 0.25) is 0 Å². The second-order valence-electron chi connectivity index (χ2n) is 12.8. The summed E-state index contributed by atoms with van der Waals surface area (Å²) in [6.07, 6.45) is 6.45. The number of fused-ring (bicyclic) bond motifs is 2. The molecule has 2 fully saturated rings. The summed E-state index contributed by atoms with van der Waals surface area (Å²) in [7, 11) is 0. The molecule has 2 saturated heterocycles. The van der Waals surface area contributed by atoms with Gasteiger partial charge in [0, 0.05) is 37.4 Å². The number of rotatable bonds is 7. The topological polar surface area (TPSA) is 129 Å². The average molecular weight is 657 g/mol. The summed E-state index contributed by atoms with van der Waals surface area (Å²) >= 11 is 0. The molecule has 2 N–H and O–H groups in total. The van der Waals surface area contributed by atoms with E-state index in [1.165, 1.54) is 4.90 Å². The molecule has 3 amide bonds. The fourth-order valence-electron chi connectivity index (χ4n) is 7.60. The second kappa shape index (κ2) is 13.9. The first kappa shape index (κ1) is 33.4. The number of carbonyl (C=O) groups excluding carboxylic acids is 4. The Bertz CT molecular complexity index is 1570. The van der Waals surface area contributed by atoms with Gasteiger partial charge in [-0.15, -0.1) is 0 Å². The van der Waals surface area contributed by atoms with Gasteiger partial charge in [-0.1, -0.05) is 54.6 Å². The van der Waals surface area contributed by atoms with Crippen molar-refractivity contribution in [2.45, 2.75) is 63.5 Å². The molecule has 11 heteroatoms. The van der Waals surface area contributed by atoms with Gasteiger partial charge in [-0.2, -0.15) is 0 Å². The summed E-state index contributed by atoms with van der Waals surface area (Å²) in [4.78, 5) is 61.4. The maximum atomic E-state index is 15.2. The minimum Gasteiger partial charge on any atom is -0.460 e. The first-order chi connectivity index (χ1) is 23.2. The summed E-state index contributed by atoms with van der Waals surface area (Å²) in [6.45, 7) is 7.34. The molecule has 6 rings (SSSR count). The number of esters is 1. The number of aliphatic hydroxyl groups excluding tert-OH is 1. The lowest BCUT2D eigenvalue weighted by molar-refractivity contribution is -0.159. The van der Waals surface area contributed by atoms with Crippen LogP contribution in [-0.4, -0.2) is 90.3 Å². The van der Waals surface area contributed by atoms with E-state index >= 15 is 4.79 Å². The highest BCUT2D eigenvalue weighted by Crippen LogP contribution is 2.57. The number of likely N-dealkylation sites (tertiary alicyclic amines) is 1. The molecule has 11 nitrogen and oxygen atoms in total. The van der Waals surface area contributed by atoms with Crippen molar-refractivity contribution in [3.05, 3.63) is 84.5 Å². The van der Waals surface area contributed by atoms with E-state index in [4.69, 9.17) is 9.47 Å². The van der Waals surface area contributed by atoms with E-state index in [9.17, 15) is 19.5 Å². The molecule has 2 aromatic carbocycles. The molecule has 0 aliphatic carbocycles.